The fourth-order valence-electron chi connectivity index (χ4n) is 0.479. The van der Waals surface area contributed by atoms with Gasteiger partial charge in [0.25, 0.3) is 0 Å². The predicted molar refractivity (Wildman–Crippen MR) is 49.0 cm³/mol. The Kier molecular flexibility index (Phi) is 6.90. The monoisotopic (exact) mass is 196 g/mol. The first kappa shape index (κ1) is 11.1. The molecule has 0 radical (unpaired) electrons. The summed E-state index contributed by atoms with van der Waals surface area (Å²) >= 11 is 7.94. The summed E-state index contributed by atoms with van der Waals surface area (Å²) in [5.41, 5.74) is 0. The molecular weight excluding hydrogens is 184 g/mol. The van der Waals surface area contributed by atoms with Crippen molar-refractivity contribution >= 4 is 31.2 Å². The van der Waals surface area contributed by atoms with E-state index in [0.717, 1.165) is 0 Å². The van der Waals surface area contributed by atoms with Crippen LogP contribution < -0.4 is 0 Å². The lowest BCUT2D eigenvalue weighted by atomic mass is 10.3. The summed E-state index contributed by atoms with van der Waals surface area (Å²) in [6, 6.07) is 0. The van der Waals surface area contributed by atoms with Crippen molar-refractivity contribution in [3.05, 3.63) is 0 Å². The first-order valence-electron chi connectivity index (χ1n) is 3.29. The predicted octanol–water partition coefficient (Wildman–Crippen LogP) is 0.488. The van der Waals surface area contributed by atoms with Crippen LogP contribution >= 0.6 is 25.3 Å². The molecule has 0 saturated heterocycles. The maximum atomic E-state index is 10.7. The second kappa shape index (κ2) is 6.82. The molecule has 11 heavy (non-hydrogen) atoms. The zero-order valence-corrected chi connectivity index (χ0v) is 7.85. The molecule has 0 atom stereocenters. The minimum Gasteiger partial charge on any atom is -0.463 e. The van der Waals surface area contributed by atoms with Crippen LogP contribution in [-0.2, 0) is 9.53 Å². The number of rotatable bonds is 5. The molecule has 0 unspecified atom stereocenters. The van der Waals surface area contributed by atoms with E-state index in [1.165, 1.54) is 0 Å². The van der Waals surface area contributed by atoms with E-state index in [-0.39, 0.29) is 23.8 Å². The number of carbonyl (C=O) groups excluding carboxylic acids is 1. The van der Waals surface area contributed by atoms with Crippen molar-refractivity contribution in [2.45, 2.75) is 17.4 Å². The average molecular weight is 196 g/mol. The molecule has 0 spiro atoms. The first-order chi connectivity index (χ1) is 5.16. The minimum atomic E-state index is -0.313. The van der Waals surface area contributed by atoms with Crippen molar-refractivity contribution in [3.63, 3.8) is 0 Å². The van der Waals surface area contributed by atoms with Gasteiger partial charge < -0.3 is 9.84 Å². The molecule has 0 heterocycles. The van der Waals surface area contributed by atoms with E-state index < -0.39 is 0 Å². The second-order valence-electron chi connectivity index (χ2n) is 1.96. The number of carbonyl (C=O) groups is 1. The fourth-order valence-corrected chi connectivity index (χ4v) is 0.737. The normalized spacial score (nSPS) is 10.2. The van der Waals surface area contributed by atoms with Crippen molar-refractivity contribution in [1.29, 1.82) is 0 Å². The molecule has 0 bridgehead atoms. The SMILES string of the molecule is O=C(CCC(S)S)OCCO. The lowest BCUT2D eigenvalue weighted by Gasteiger charge is -2.03. The first-order valence-corrected chi connectivity index (χ1v) is 4.32. The van der Waals surface area contributed by atoms with Crippen molar-refractivity contribution in [1.82, 2.24) is 0 Å². The molecule has 0 aliphatic carbocycles. The number of esters is 1. The number of hydrogen-bond acceptors (Lipinski definition) is 5. The van der Waals surface area contributed by atoms with Crippen LogP contribution in [0.25, 0.3) is 0 Å². The Morgan fingerprint density at radius 2 is 2.18 bits per heavy atom. The van der Waals surface area contributed by atoms with Crippen molar-refractivity contribution in [3.8, 4) is 0 Å². The third-order valence-corrected chi connectivity index (χ3v) is 1.48. The molecule has 3 nitrogen and oxygen atoms in total. The van der Waals surface area contributed by atoms with Crippen LogP contribution in [0.3, 0.4) is 0 Å². The number of aliphatic hydroxyl groups is 1. The lowest BCUT2D eigenvalue weighted by molar-refractivity contribution is -0.144. The van der Waals surface area contributed by atoms with Gasteiger partial charge in [-0.1, -0.05) is 0 Å². The van der Waals surface area contributed by atoms with E-state index >= 15 is 0 Å². The number of thiol groups is 2. The second-order valence-corrected chi connectivity index (χ2v) is 3.62. The fraction of sp³-hybridized carbons (Fsp3) is 0.833. The summed E-state index contributed by atoms with van der Waals surface area (Å²) in [7, 11) is 0. The molecule has 0 aromatic rings. The molecular formula is C6H12O3S2. The summed E-state index contributed by atoms with van der Waals surface area (Å²) in [4.78, 5) is 10.7. The zero-order chi connectivity index (χ0) is 8.69. The largest absolute Gasteiger partial charge is 0.463 e. The summed E-state index contributed by atoms with van der Waals surface area (Å²) in [5.74, 6) is -0.313. The molecule has 0 aliphatic heterocycles. The van der Waals surface area contributed by atoms with Crippen LogP contribution in [0.2, 0.25) is 0 Å². The topological polar surface area (TPSA) is 46.5 Å². The molecule has 1 N–H and O–H groups in total. The standard InChI is InChI=1S/C6H12O3S2/c7-3-4-9-5(8)1-2-6(10)11/h6-7,10-11H,1-4H2. The van der Waals surface area contributed by atoms with Gasteiger partial charge in [-0.3, -0.25) is 4.79 Å². The molecule has 0 aliphatic rings. The third-order valence-electron chi connectivity index (χ3n) is 0.961. The Labute approximate surface area is 76.9 Å². The smallest absolute Gasteiger partial charge is 0.305 e. The molecule has 0 aromatic carbocycles. The zero-order valence-electron chi connectivity index (χ0n) is 6.06. The maximum absolute atomic E-state index is 10.7. The number of hydrogen-bond donors (Lipinski definition) is 3. The van der Waals surface area contributed by atoms with Gasteiger partial charge in [0, 0.05) is 11.0 Å². The van der Waals surface area contributed by atoms with Crippen molar-refractivity contribution in [2.75, 3.05) is 13.2 Å². The van der Waals surface area contributed by atoms with E-state index in [9.17, 15) is 4.79 Å². The highest BCUT2D eigenvalue weighted by molar-refractivity contribution is 7.99. The summed E-state index contributed by atoms with van der Waals surface area (Å²) in [6.45, 7) is -0.0560. The van der Waals surface area contributed by atoms with E-state index in [2.05, 4.69) is 30.0 Å². The molecule has 0 fully saturated rings. The van der Waals surface area contributed by atoms with Gasteiger partial charge in [-0.05, 0) is 6.42 Å². The Balaban J connectivity index is 3.23. The van der Waals surface area contributed by atoms with Crippen LogP contribution in [0, 0.1) is 0 Å². The Morgan fingerprint density at radius 3 is 2.64 bits per heavy atom. The van der Waals surface area contributed by atoms with Crippen LogP contribution in [0.5, 0.6) is 0 Å². The van der Waals surface area contributed by atoms with Gasteiger partial charge in [0.2, 0.25) is 0 Å². The van der Waals surface area contributed by atoms with Crippen LogP contribution in [0.1, 0.15) is 12.8 Å². The molecule has 5 heteroatoms. The van der Waals surface area contributed by atoms with Crippen LogP contribution in [0.15, 0.2) is 0 Å². The third kappa shape index (κ3) is 8.03. The van der Waals surface area contributed by atoms with E-state index in [1.807, 2.05) is 0 Å². The Bertz CT molecular complexity index is 116. The Morgan fingerprint density at radius 1 is 1.55 bits per heavy atom. The molecule has 0 saturated carbocycles. The molecule has 0 amide bonds. The summed E-state index contributed by atoms with van der Waals surface area (Å²) in [5, 5.41) is 8.29. The Hall–Kier alpha value is 0.130. The van der Waals surface area contributed by atoms with Gasteiger partial charge in [-0.15, -0.1) is 0 Å². The number of ether oxygens (including phenoxy) is 1. The van der Waals surface area contributed by atoms with E-state index in [4.69, 9.17) is 5.11 Å². The molecule has 66 valence electrons. The van der Waals surface area contributed by atoms with Crippen LogP contribution in [0.4, 0.5) is 0 Å². The summed E-state index contributed by atoms with van der Waals surface area (Å²) < 4.78 is 4.50. The van der Waals surface area contributed by atoms with Gasteiger partial charge in [0.15, 0.2) is 0 Å². The lowest BCUT2D eigenvalue weighted by Crippen LogP contribution is -2.09. The van der Waals surface area contributed by atoms with Gasteiger partial charge in [0.05, 0.1) is 6.61 Å². The minimum absolute atomic E-state index is 0.0721. The molecule has 0 rings (SSSR count). The van der Waals surface area contributed by atoms with Crippen LogP contribution in [-0.4, -0.2) is 28.9 Å². The highest BCUT2D eigenvalue weighted by Gasteiger charge is 2.04. The average Bonchev–Trinajstić information content (AvgIpc) is 1.97. The quantitative estimate of drug-likeness (QED) is 0.341. The highest BCUT2D eigenvalue weighted by atomic mass is 32.2. The van der Waals surface area contributed by atoms with Crippen molar-refractivity contribution in [2.24, 2.45) is 0 Å². The van der Waals surface area contributed by atoms with Gasteiger partial charge in [0.1, 0.15) is 6.61 Å². The van der Waals surface area contributed by atoms with Crippen molar-refractivity contribution < 1.29 is 14.6 Å². The van der Waals surface area contributed by atoms with E-state index in [1.54, 1.807) is 0 Å². The van der Waals surface area contributed by atoms with Gasteiger partial charge in [-0.2, -0.15) is 25.3 Å². The van der Waals surface area contributed by atoms with Gasteiger partial charge >= 0.3 is 5.97 Å². The number of aliphatic hydroxyl groups excluding tert-OH is 1. The maximum Gasteiger partial charge on any atom is 0.305 e. The highest BCUT2D eigenvalue weighted by Crippen LogP contribution is 2.08. The summed E-state index contributed by atoms with van der Waals surface area (Å²) in [6.07, 6.45) is 0.883. The van der Waals surface area contributed by atoms with E-state index in [0.29, 0.717) is 12.8 Å². The van der Waals surface area contributed by atoms with Gasteiger partial charge in [-0.25, -0.2) is 0 Å². The molecule has 0 aromatic heterocycles.